The smallest absolute Gasteiger partial charge is 0.306 e. The van der Waals surface area contributed by atoms with Gasteiger partial charge in [-0.1, -0.05) is 39.3 Å². The van der Waals surface area contributed by atoms with Crippen molar-refractivity contribution in [3.05, 3.63) is 25.3 Å². The number of amides is 3. The molecule has 0 aromatic carbocycles. The quantitative estimate of drug-likeness (QED) is 0.505. The summed E-state index contributed by atoms with van der Waals surface area (Å²) in [6, 6.07) is -0.223. The predicted octanol–water partition coefficient (Wildman–Crippen LogP) is 3.21. The average molecular weight is 278 g/mol. The second-order valence-corrected chi connectivity index (χ2v) is 5.35. The van der Waals surface area contributed by atoms with Crippen molar-refractivity contribution in [2.75, 3.05) is 13.1 Å². The molecule has 2 atom stereocenters. The Morgan fingerprint density at radius 3 is 2.25 bits per heavy atom. The molecule has 0 aromatic heterocycles. The lowest BCUT2D eigenvalue weighted by Crippen LogP contribution is -2.54. The summed E-state index contributed by atoms with van der Waals surface area (Å²) >= 11 is 0. The van der Waals surface area contributed by atoms with E-state index >= 15 is 0 Å². The predicted molar refractivity (Wildman–Crippen MR) is 81.3 cm³/mol. The maximum absolute atomic E-state index is 12.8. The van der Waals surface area contributed by atoms with E-state index in [-0.39, 0.29) is 24.4 Å². The van der Waals surface area contributed by atoms with Gasteiger partial charge in [-0.3, -0.25) is 9.69 Å². The zero-order valence-corrected chi connectivity index (χ0v) is 12.9. The standard InChI is InChI=1S/C16H26N2O2/c1-6-10-13(5)16(9-4)14(19)17(11-7-2)15(20)18(16)12-8-3/h7-8,13H,2-3,6,9-12H2,1,4-5H3. The van der Waals surface area contributed by atoms with E-state index in [9.17, 15) is 9.59 Å². The van der Waals surface area contributed by atoms with Crippen molar-refractivity contribution in [3.8, 4) is 0 Å². The van der Waals surface area contributed by atoms with Gasteiger partial charge in [0.05, 0.1) is 0 Å². The van der Waals surface area contributed by atoms with Crippen molar-refractivity contribution in [2.24, 2.45) is 5.92 Å². The number of hydrogen-bond donors (Lipinski definition) is 0. The molecule has 0 saturated carbocycles. The number of carbonyl (C=O) groups is 2. The summed E-state index contributed by atoms with van der Waals surface area (Å²) in [5, 5.41) is 0. The number of rotatable bonds is 8. The van der Waals surface area contributed by atoms with Crippen LogP contribution in [0, 0.1) is 5.92 Å². The first-order valence-corrected chi connectivity index (χ1v) is 7.36. The van der Waals surface area contributed by atoms with Crippen LogP contribution in [0.25, 0.3) is 0 Å². The molecular weight excluding hydrogens is 252 g/mol. The number of imide groups is 1. The van der Waals surface area contributed by atoms with Crippen LogP contribution in [-0.4, -0.2) is 40.4 Å². The first-order chi connectivity index (χ1) is 9.50. The molecule has 0 aliphatic carbocycles. The van der Waals surface area contributed by atoms with Gasteiger partial charge in [-0.25, -0.2) is 4.79 Å². The van der Waals surface area contributed by atoms with Crippen molar-refractivity contribution < 1.29 is 9.59 Å². The summed E-state index contributed by atoms with van der Waals surface area (Å²) in [6.45, 7) is 14.2. The van der Waals surface area contributed by atoms with Gasteiger partial charge in [0.15, 0.2) is 0 Å². The highest BCUT2D eigenvalue weighted by atomic mass is 16.2. The summed E-state index contributed by atoms with van der Waals surface area (Å²) in [4.78, 5) is 28.4. The van der Waals surface area contributed by atoms with Gasteiger partial charge in [0, 0.05) is 13.1 Å². The highest BCUT2D eigenvalue weighted by molar-refractivity contribution is 6.07. The molecule has 1 rings (SSSR count). The highest BCUT2D eigenvalue weighted by Crippen LogP contribution is 2.39. The fraction of sp³-hybridized carbons (Fsp3) is 0.625. The normalized spacial score (nSPS) is 24.1. The van der Waals surface area contributed by atoms with Crippen LogP contribution in [0.15, 0.2) is 25.3 Å². The topological polar surface area (TPSA) is 40.6 Å². The van der Waals surface area contributed by atoms with Crippen LogP contribution in [0.2, 0.25) is 0 Å². The van der Waals surface area contributed by atoms with Gasteiger partial charge in [-0.2, -0.15) is 0 Å². The van der Waals surface area contributed by atoms with Crippen LogP contribution in [-0.2, 0) is 4.79 Å². The third-order valence-corrected chi connectivity index (χ3v) is 4.26. The molecule has 1 aliphatic rings. The molecule has 4 heteroatoms. The van der Waals surface area contributed by atoms with Crippen molar-refractivity contribution in [3.63, 3.8) is 0 Å². The summed E-state index contributed by atoms with van der Waals surface area (Å²) in [5.41, 5.74) is -0.732. The van der Waals surface area contributed by atoms with E-state index < -0.39 is 5.54 Å². The van der Waals surface area contributed by atoms with Crippen LogP contribution in [0.5, 0.6) is 0 Å². The largest absolute Gasteiger partial charge is 0.328 e. The fourth-order valence-corrected chi connectivity index (χ4v) is 3.25. The Labute approximate surface area is 122 Å². The van der Waals surface area contributed by atoms with Gasteiger partial charge in [-0.15, -0.1) is 13.2 Å². The summed E-state index contributed by atoms with van der Waals surface area (Å²) in [7, 11) is 0. The van der Waals surface area contributed by atoms with E-state index in [0.29, 0.717) is 13.0 Å². The van der Waals surface area contributed by atoms with E-state index in [1.165, 1.54) is 4.90 Å². The Hall–Kier alpha value is -1.58. The molecule has 0 aromatic rings. The first-order valence-electron chi connectivity index (χ1n) is 7.36. The summed E-state index contributed by atoms with van der Waals surface area (Å²) < 4.78 is 0. The molecule has 1 saturated heterocycles. The van der Waals surface area contributed by atoms with Crippen LogP contribution < -0.4 is 0 Å². The van der Waals surface area contributed by atoms with Crippen molar-refractivity contribution >= 4 is 11.9 Å². The SMILES string of the molecule is C=CCN1C(=O)N(CC=C)C(CC)(C(C)CCC)C1=O. The Morgan fingerprint density at radius 1 is 1.20 bits per heavy atom. The van der Waals surface area contributed by atoms with E-state index in [4.69, 9.17) is 0 Å². The second-order valence-electron chi connectivity index (χ2n) is 5.35. The molecule has 4 nitrogen and oxygen atoms in total. The molecule has 0 bridgehead atoms. The Bertz CT molecular complexity index is 405. The maximum atomic E-state index is 12.8. The lowest BCUT2D eigenvalue weighted by molar-refractivity contribution is -0.135. The molecule has 1 fully saturated rings. The molecule has 0 spiro atoms. The van der Waals surface area contributed by atoms with Crippen molar-refractivity contribution in [2.45, 2.75) is 45.6 Å². The lowest BCUT2D eigenvalue weighted by atomic mass is 9.78. The molecule has 1 aliphatic heterocycles. The van der Waals surface area contributed by atoms with Gasteiger partial charge in [0.25, 0.3) is 5.91 Å². The Balaban J connectivity index is 3.27. The number of hydrogen-bond acceptors (Lipinski definition) is 2. The highest BCUT2D eigenvalue weighted by Gasteiger charge is 2.57. The van der Waals surface area contributed by atoms with Crippen molar-refractivity contribution in [1.29, 1.82) is 0 Å². The molecule has 0 radical (unpaired) electrons. The molecule has 0 N–H and O–H groups in total. The van der Waals surface area contributed by atoms with E-state index in [0.717, 1.165) is 12.8 Å². The van der Waals surface area contributed by atoms with Crippen molar-refractivity contribution in [1.82, 2.24) is 9.80 Å². The molecule has 1 heterocycles. The van der Waals surface area contributed by atoms with Crippen LogP contribution >= 0.6 is 0 Å². The first kappa shape index (κ1) is 16.5. The zero-order valence-electron chi connectivity index (χ0n) is 12.9. The molecular formula is C16H26N2O2. The minimum Gasteiger partial charge on any atom is -0.306 e. The summed E-state index contributed by atoms with van der Waals surface area (Å²) in [5.74, 6) is 0.0383. The van der Waals surface area contributed by atoms with Gasteiger partial charge < -0.3 is 4.90 Å². The van der Waals surface area contributed by atoms with E-state index in [2.05, 4.69) is 27.0 Å². The Kier molecular flexibility index (Phi) is 5.54. The van der Waals surface area contributed by atoms with Gasteiger partial charge in [-0.05, 0) is 18.8 Å². The zero-order chi connectivity index (χ0) is 15.3. The number of carbonyl (C=O) groups excluding carboxylic acids is 2. The molecule has 3 amide bonds. The second kappa shape index (κ2) is 6.73. The summed E-state index contributed by atoms with van der Waals surface area (Å²) in [6.07, 6.45) is 5.82. The Morgan fingerprint density at radius 2 is 1.80 bits per heavy atom. The van der Waals surface area contributed by atoms with E-state index in [1.54, 1.807) is 17.1 Å². The third kappa shape index (κ3) is 2.39. The van der Waals surface area contributed by atoms with Crippen LogP contribution in [0.4, 0.5) is 4.79 Å². The monoisotopic (exact) mass is 278 g/mol. The van der Waals surface area contributed by atoms with Gasteiger partial charge >= 0.3 is 6.03 Å². The van der Waals surface area contributed by atoms with Gasteiger partial charge in [0.1, 0.15) is 5.54 Å². The lowest BCUT2D eigenvalue weighted by Gasteiger charge is -2.39. The van der Waals surface area contributed by atoms with Gasteiger partial charge in [0.2, 0.25) is 0 Å². The molecule has 2 unspecified atom stereocenters. The molecule has 112 valence electrons. The number of nitrogens with zero attached hydrogens (tertiary/aromatic N) is 2. The number of urea groups is 1. The van der Waals surface area contributed by atoms with E-state index in [1.807, 2.05) is 6.92 Å². The average Bonchev–Trinajstić information content (AvgIpc) is 2.62. The fourth-order valence-electron chi connectivity index (χ4n) is 3.25. The minimum atomic E-state index is -0.732. The molecule has 20 heavy (non-hydrogen) atoms. The third-order valence-electron chi connectivity index (χ3n) is 4.26. The van der Waals surface area contributed by atoms with Crippen LogP contribution in [0.1, 0.15) is 40.0 Å². The maximum Gasteiger partial charge on any atom is 0.328 e. The van der Waals surface area contributed by atoms with Crippen LogP contribution in [0.3, 0.4) is 0 Å². The minimum absolute atomic E-state index is 0.0901.